The predicted molar refractivity (Wildman–Crippen MR) is 106 cm³/mol. The number of nitrogens with one attached hydrogen (secondary N) is 3. The molecule has 0 saturated carbocycles. The zero-order valence-corrected chi connectivity index (χ0v) is 15.4. The molecule has 1 heterocycles. The van der Waals surface area contributed by atoms with Crippen molar-refractivity contribution >= 4 is 23.0 Å². The third-order valence-corrected chi connectivity index (χ3v) is 4.73. The molecular formula is C20H26N3OS+. The molecule has 1 saturated heterocycles. The molecule has 1 aliphatic rings. The van der Waals surface area contributed by atoms with Gasteiger partial charge in [-0.1, -0.05) is 48.0 Å². The molecule has 0 spiro atoms. The molecule has 0 aromatic heterocycles. The van der Waals surface area contributed by atoms with E-state index < -0.39 is 0 Å². The topological polar surface area (TPSA) is 37.7 Å². The molecule has 0 radical (unpaired) electrons. The van der Waals surface area contributed by atoms with Crippen molar-refractivity contribution in [1.82, 2.24) is 5.32 Å². The Hall–Kier alpha value is -1.95. The second-order valence-electron chi connectivity index (χ2n) is 6.49. The fourth-order valence-corrected chi connectivity index (χ4v) is 3.31. The summed E-state index contributed by atoms with van der Waals surface area (Å²) in [6.45, 7) is 6.83. The fourth-order valence-electron chi connectivity index (χ4n) is 3.05. The SMILES string of the molecule is Cc1ccc(NC(=S)N[C@@H](C[NH+]2CCOCC2)c2ccccc2)cc1. The van der Waals surface area contributed by atoms with Gasteiger partial charge in [-0.3, -0.25) is 0 Å². The standard InChI is InChI=1S/C20H25N3OS/c1-16-7-9-18(10-8-16)21-20(25)22-19(17-5-3-2-4-6-17)15-23-11-13-24-14-12-23/h2-10,19H,11-15H2,1H3,(H2,21,22,25)/p+1/t19-/m0/s1. The molecule has 0 bridgehead atoms. The number of ether oxygens (including phenoxy) is 1. The Morgan fingerprint density at radius 1 is 1.08 bits per heavy atom. The van der Waals surface area contributed by atoms with Crippen molar-refractivity contribution in [2.45, 2.75) is 13.0 Å². The molecule has 3 rings (SSSR count). The van der Waals surface area contributed by atoms with Crippen LogP contribution >= 0.6 is 12.2 Å². The van der Waals surface area contributed by atoms with Crippen molar-refractivity contribution in [1.29, 1.82) is 0 Å². The molecule has 3 N–H and O–H groups in total. The molecule has 4 nitrogen and oxygen atoms in total. The highest BCUT2D eigenvalue weighted by Gasteiger charge is 2.22. The minimum atomic E-state index is 0.180. The highest BCUT2D eigenvalue weighted by Crippen LogP contribution is 2.13. The molecule has 2 aromatic rings. The third-order valence-electron chi connectivity index (χ3n) is 4.51. The molecule has 2 aromatic carbocycles. The van der Waals surface area contributed by atoms with E-state index in [-0.39, 0.29) is 6.04 Å². The van der Waals surface area contributed by atoms with Gasteiger partial charge in [0.15, 0.2) is 5.11 Å². The molecule has 0 unspecified atom stereocenters. The lowest BCUT2D eigenvalue weighted by molar-refractivity contribution is -0.909. The van der Waals surface area contributed by atoms with Crippen LogP contribution in [0.25, 0.3) is 0 Å². The molecule has 5 heteroatoms. The third kappa shape index (κ3) is 5.53. The fraction of sp³-hybridized carbons (Fsp3) is 0.350. The molecule has 1 aliphatic heterocycles. The number of aryl methyl sites for hydroxylation is 1. The lowest BCUT2D eigenvalue weighted by Crippen LogP contribution is -3.14. The Bertz CT molecular complexity index is 669. The molecule has 1 fully saturated rings. The second kappa shape index (κ2) is 8.94. The van der Waals surface area contributed by atoms with E-state index in [1.165, 1.54) is 11.1 Å². The van der Waals surface area contributed by atoms with E-state index in [9.17, 15) is 0 Å². The molecule has 0 amide bonds. The molecule has 25 heavy (non-hydrogen) atoms. The van der Waals surface area contributed by atoms with Gasteiger partial charge in [-0.05, 0) is 36.8 Å². The first kappa shape index (κ1) is 17.9. The Kier molecular flexibility index (Phi) is 6.39. The van der Waals surface area contributed by atoms with E-state index >= 15 is 0 Å². The average molecular weight is 357 g/mol. The van der Waals surface area contributed by atoms with Crippen LogP contribution in [0.3, 0.4) is 0 Å². The van der Waals surface area contributed by atoms with Gasteiger partial charge in [-0.25, -0.2) is 0 Å². The van der Waals surface area contributed by atoms with Crippen LogP contribution in [0.5, 0.6) is 0 Å². The van der Waals surface area contributed by atoms with Crippen LogP contribution in [-0.2, 0) is 4.74 Å². The lowest BCUT2D eigenvalue weighted by atomic mass is 10.1. The summed E-state index contributed by atoms with van der Waals surface area (Å²) in [6, 6.07) is 19.0. The van der Waals surface area contributed by atoms with E-state index in [1.807, 2.05) is 18.2 Å². The number of rotatable bonds is 5. The highest BCUT2D eigenvalue weighted by atomic mass is 32.1. The van der Waals surface area contributed by atoms with Crippen molar-refractivity contribution in [3.05, 3.63) is 65.7 Å². The van der Waals surface area contributed by atoms with E-state index in [4.69, 9.17) is 17.0 Å². The smallest absolute Gasteiger partial charge is 0.171 e. The van der Waals surface area contributed by atoms with Gasteiger partial charge in [0, 0.05) is 5.69 Å². The maximum atomic E-state index is 5.56. The Morgan fingerprint density at radius 2 is 1.76 bits per heavy atom. The summed E-state index contributed by atoms with van der Waals surface area (Å²) < 4.78 is 5.48. The average Bonchev–Trinajstić information content (AvgIpc) is 2.65. The van der Waals surface area contributed by atoms with Gasteiger partial charge in [0.2, 0.25) is 0 Å². The normalized spacial score (nSPS) is 16.2. The van der Waals surface area contributed by atoms with Gasteiger partial charge in [-0.2, -0.15) is 0 Å². The van der Waals surface area contributed by atoms with Crippen LogP contribution in [0, 0.1) is 6.92 Å². The van der Waals surface area contributed by atoms with Crippen molar-refractivity contribution in [3.8, 4) is 0 Å². The monoisotopic (exact) mass is 356 g/mol. The van der Waals surface area contributed by atoms with Crippen LogP contribution < -0.4 is 15.5 Å². The van der Waals surface area contributed by atoms with Crippen LogP contribution in [0.4, 0.5) is 5.69 Å². The zero-order chi connectivity index (χ0) is 17.5. The largest absolute Gasteiger partial charge is 0.370 e. The van der Waals surface area contributed by atoms with Gasteiger partial charge in [0.05, 0.1) is 13.2 Å². The first-order chi connectivity index (χ1) is 12.2. The molecular weight excluding hydrogens is 330 g/mol. The van der Waals surface area contributed by atoms with Crippen molar-refractivity contribution in [3.63, 3.8) is 0 Å². The van der Waals surface area contributed by atoms with Gasteiger partial charge >= 0.3 is 0 Å². The highest BCUT2D eigenvalue weighted by molar-refractivity contribution is 7.80. The molecule has 132 valence electrons. The van der Waals surface area contributed by atoms with Crippen molar-refractivity contribution in [2.24, 2.45) is 0 Å². The van der Waals surface area contributed by atoms with E-state index in [0.29, 0.717) is 5.11 Å². The number of anilines is 1. The van der Waals surface area contributed by atoms with Crippen molar-refractivity contribution < 1.29 is 9.64 Å². The van der Waals surface area contributed by atoms with Gasteiger partial charge in [0.25, 0.3) is 0 Å². The van der Waals surface area contributed by atoms with Gasteiger partial charge in [0.1, 0.15) is 25.7 Å². The van der Waals surface area contributed by atoms with Gasteiger partial charge in [-0.15, -0.1) is 0 Å². The number of benzene rings is 2. The van der Waals surface area contributed by atoms with Crippen LogP contribution in [0.1, 0.15) is 17.2 Å². The summed E-state index contributed by atoms with van der Waals surface area (Å²) >= 11 is 5.56. The van der Waals surface area contributed by atoms with Gasteiger partial charge < -0.3 is 20.3 Å². The maximum Gasteiger partial charge on any atom is 0.171 e. The predicted octanol–water partition coefficient (Wildman–Crippen LogP) is 1.94. The Morgan fingerprint density at radius 3 is 2.44 bits per heavy atom. The summed E-state index contributed by atoms with van der Waals surface area (Å²) in [5, 5.41) is 7.45. The summed E-state index contributed by atoms with van der Waals surface area (Å²) in [4.78, 5) is 1.55. The first-order valence-electron chi connectivity index (χ1n) is 8.81. The number of hydrogen-bond donors (Lipinski definition) is 3. The Balaban J connectivity index is 1.65. The molecule has 1 atom stereocenters. The Labute approximate surface area is 155 Å². The van der Waals surface area contributed by atoms with E-state index in [0.717, 1.165) is 38.5 Å². The summed E-state index contributed by atoms with van der Waals surface area (Å²) in [5.41, 5.74) is 3.51. The minimum Gasteiger partial charge on any atom is -0.370 e. The quantitative estimate of drug-likeness (QED) is 0.716. The maximum absolute atomic E-state index is 5.56. The summed E-state index contributed by atoms with van der Waals surface area (Å²) in [5.74, 6) is 0. The summed E-state index contributed by atoms with van der Waals surface area (Å²) in [6.07, 6.45) is 0. The molecule has 0 aliphatic carbocycles. The number of quaternary nitrogens is 1. The van der Waals surface area contributed by atoms with E-state index in [2.05, 4.69) is 54.0 Å². The summed E-state index contributed by atoms with van der Waals surface area (Å²) in [7, 11) is 0. The number of thiocarbonyl (C=S) groups is 1. The number of hydrogen-bond acceptors (Lipinski definition) is 2. The van der Waals surface area contributed by atoms with Crippen molar-refractivity contribution in [2.75, 3.05) is 38.2 Å². The first-order valence-corrected chi connectivity index (χ1v) is 9.22. The second-order valence-corrected chi connectivity index (χ2v) is 6.90. The number of morpholine rings is 1. The van der Waals surface area contributed by atoms with Crippen LogP contribution in [0.15, 0.2) is 54.6 Å². The lowest BCUT2D eigenvalue weighted by Gasteiger charge is -2.29. The van der Waals surface area contributed by atoms with Crippen LogP contribution in [-0.4, -0.2) is 38.0 Å². The van der Waals surface area contributed by atoms with Crippen LogP contribution in [0.2, 0.25) is 0 Å². The minimum absolute atomic E-state index is 0.180. The van der Waals surface area contributed by atoms with E-state index in [1.54, 1.807) is 4.90 Å². The zero-order valence-electron chi connectivity index (χ0n) is 14.6.